The fourth-order valence-electron chi connectivity index (χ4n) is 6.82. The fourth-order valence-corrected chi connectivity index (χ4v) is 6.82. The molecule has 0 aliphatic carbocycles. The van der Waals surface area contributed by atoms with Gasteiger partial charge in [0.1, 0.15) is 28.9 Å². The lowest BCUT2D eigenvalue weighted by Gasteiger charge is -2.29. The molecule has 1 atom stereocenters. The van der Waals surface area contributed by atoms with Crippen LogP contribution in [0.15, 0.2) is 67.0 Å². The maximum absolute atomic E-state index is 13.0. The lowest BCUT2D eigenvalue weighted by atomic mass is 10.0. The van der Waals surface area contributed by atoms with Gasteiger partial charge in [-0.15, -0.1) is 0 Å². The van der Waals surface area contributed by atoms with Crippen LogP contribution >= 0.6 is 0 Å². The normalized spacial score (nSPS) is 15.0. The Labute approximate surface area is 316 Å². The molecule has 1 fully saturated rings. The summed E-state index contributed by atoms with van der Waals surface area (Å²) < 4.78 is 2.22. The van der Waals surface area contributed by atoms with Crippen LogP contribution in [-0.4, -0.2) is 97.2 Å². The third-order valence-electron chi connectivity index (χ3n) is 9.73. The van der Waals surface area contributed by atoms with Gasteiger partial charge in [-0.25, -0.2) is 14.8 Å². The molecule has 2 aliphatic rings. The number of imidazole rings is 1. The summed E-state index contributed by atoms with van der Waals surface area (Å²) in [5.41, 5.74) is 4.85. The van der Waals surface area contributed by atoms with E-state index in [1.807, 2.05) is 30.5 Å². The fraction of sp³-hybridized carbons (Fsp3) is 0.275. The maximum atomic E-state index is 13.0. The molecule has 0 spiro atoms. The predicted molar refractivity (Wildman–Crippen MR) is 202 cm³/mol. The molecule has 0 saturated carbocycles. The van der Waals surface area contributed by atoms with Gasteiger partial charge in [-0.1, -0.05) is 37.1 Å². The SMILES string of the molecule is CCc1nc(-c2cccc3cc(-c4ccc(C(=O)NCC#Cc5cccc(C(=O)N(C)C6CCC(=O)NC6=O)n5)nc4)ncc23)c2n1CCN(C(=O)NC)C2. The third kappa shape index (κ3) is 7.47. The number of hydrogen-bond acceptors (Lipinski definition) is 9. The molecule has 7 rings (SSSR count). The highest BCUT2D eigenvalue weighted by atomic mass is 16.2. The van der Waals surface area contributed by atoms with E-state index in [2.05, 4.69) is 49.3 Å². The number of urea groups is 1. The Morgan fingerprint density at radius 1 is 1.00 bits per heavy atom. The number of nitrogens with zero attached hydrogens (tertiary/aromatic N) is 7. The van der Waals surface area contributed by atoms with Crippen LogP contribution < -0.4 is 16.0 Å². The molecule has 3 N–H and O–H groups in total. The second kappa shape index (κ2) is 15.6. The highest BCUT2D eigenvalue weighted by Crippen LogP contribution is 2.34. The number of pyridine rings is 3. The van der Waals surface area contributed by atoms with E-state index in [1.165, 1.54) is 18.0 Å². The number of imide groups is 1. The van der Waals surface area contributed by atoms with Crippen LogP contribution in [0.4, 0.5) is 4.79 Å². The van der Waals surface area contributed by atoms with Gasteiger partial charge in [-0.05, 0) is 48.1 Å². The summed E-state index contributed by atoms with van der Waals surface area (Å²) in [6, 6.07) is 15.3. The molecule has 0 bridgehead atoms. The van der Waals surface area contributed by atoms with Gasteiger partial charge in [-0.2, -0.15) is 0 Å². The summed E-state index contributed by atoms with van der Waals surface area (Å²) in [5, 5.41) is 9.60. The van der Waals surface area contributed by atoms with Crippen molar-refractivity contribution in [2.24, 2.45) is 0 Å². The average molecular weight is 739 g/mol. The third-order valence-corrected chi connectivity index (χ3v) is 9.73. The molecule has 15 nitrogen and oxygen atoms in total. The zero-order valence-electron chi connectivity index (χ0n) is 30.5. The molecule has 1 saturated heterocycles. The van der Waals surface area contributed by atoms with Crippen LogP contribution in [0, 0.1) is 11.8 Å². The summed E-state index contributed by atoms with van der Waals surface area (Å²) in [4.78, 5) is 83.5. The number of rotatable bonds is 7. The zero-order chi connectivity index (χ0) is 38.6. The van der Waals surface area contributed by atoms with Crippen LogP contribution in [0.3, 0.4) is 0 Å². The molecular formula is C40H38N10O5. The van der Waals surface area contributed by atoms with Crippen LogP contribution in [0.25, 0.3) is 33.3 Å². The van der Waals surface area contributed by atoms with Crippen molar-refractivity contribution in [2.45, 2.75) is 45.3 Å². The molecule has 2 aliphatic heterocycles. The Morgan fingerprint density at radius 2 is 1.84 bits per heavy atom. The van der Waals surface area contributed by atoms with E-state index in [9.17, 15) is 24.0 Å². The largest absolute Gasteiger partial charge is 0.341 e. The molecule has 278 valence electrons. The first kappa shape index (κ1) is 36.4. The second-order valence-corrected chi connectivity index (χ2v) is 13.1. The number of aromatic nitrogens is 5. The highest BCUT2D eigenvalue weighted by Gasteiger charge is 2.33. The number of nitrogens with one attached hydrogen (secondary N) is 3. The molecule has 6 heterocycles. The number of fused-ring (bicyclic) bond motifs is 2. The topological polar surface area (TPSA) is 184 Å². The van der Waals surface area contributed by atoms with Crippen LogP contribution in [-0.2, 0) is 29.1 Å². The maximum Gasteiger partial charge on any atom is 0.317 e. The first-order valence-electron chi connectivity index (χ1n) is 17.9. The molecule has 1 unspecified atom stereocenters. The van der Waals surface area contributed by atoms with E-state index < -0.39 is 23.8 Å². The van der Waals surface area contributed by atoms with Crippen molar-refractivity contribution in [3.63, 3.8) is 0 Å². The van der Waals surface area contributed by atoms with Crippen molar-refractivity contribution in [2.75, 3.05) is 27.2 Å². The number of likely N-dealkylation sites (N-methyl/N-ethyl adjacent to an activating group) is 1. The standard InChI is InChI=1S/C40H38N10O5/c1-4-34-46-36(33-23-49(40(55)41-2)18-19-50(33)34)27-11-5-8-24-20-31(44-22-28(24)27)25-13-14-29(43-21-25)37(52)42-17-7-10-26-9-6-12-30(45-26)39(54)48(3)32-15-16-35(51)47-38(32)53/h5-6,8-9,11-14,20-22,32H,4,15-19,23H2,1-3H3,(H,41,55)(H,42,52)(H,47,51,53). The first-order chi connectivity index (χ1) is 26.6. The molecule has 5 aromatic rings. The number of piperidine rings is 1. The Balaban J connectivity index is 1.00. The van der Waals surface area contributed by atoms with Crippen molar-refractivity contribution in [1.82, 2.24) is 50.3 Å². The molecule has 1 aromatic carbocycles. The number of aryl methyl sites for hydroxylation is 1. The lowest BCUT2D eigenvalue weighted by Crippen LogP contribution is -2.53. The summed E-state index contributed by atoms with van der Waals surface area (Å²) in [5.74, 6) is 4.91. The van der Waals surface area contributed by atoms with Gasteiger partial charge in [0.15, 0.2) is 0 Å². The van der Waals surface area contributed by atoms with E-state index >= 15 is 0 Å². The van der Waals surface area contributed by atoms with E-state index in [1.54, 1.807) is 42.4 Å². The summed E-state index contributed by atoms with van der Waals surface area (Å²) >= 11 is 0. The van der Waals surface area contributed by atoms with Crippen molar-refractivity contribution in [3.05, 3.63) is 95.6 Å². The monoisotopic (exact) mass is 738 g/mol. The van der Waals surface area contributed by atoms with Gasteiger partial charge >= 0.3 is 6.03 Å². The summed E-state index contributed by atoms with van der Waals surface area (Å²) in [6.07, 6.45) is 4.60. The van der Waals surface area contributed by atoms with Gasteiger partial charge in [0.25, 0.3) is 11.8 Å². The van der Waals surface area contributed by atoms with Gasteiger partial charge < -0.3 is 25.0 Å². The number of carbonyl (C=O) groups is 5. The molecule has 4 aromatic heterocycles. The minimum atomic E-state index is -0.768. The summed E-state index contributed by atoms with van der Waals surface area (Å²) in [7, 11) is 3.13. The summed E-state index contributed by atoms with van der Waals surface area (Å²) in [6.45, 7) is 3.86. The van der Waals surface area contributed by atoms with Gasteiger partial charge in [0, 0.05) is 68.9 Å². The van der Waals surface area contributed by atoms with E-state index in [4.69, 9.17) is 9.97 Å². The number of benzene rings is 1. The highest BCUT2D eigenvalue weighted by molar-refractivity contribution is 6.03. The smallest absolute Gasteiger partial charge is 0.317 e. The lowest BCUT2D eigenvalue weighted by molar-refractivity contribution is -0.136. The molecular weight excluding hydrogens is 701 g/mol. The average Bonchev–Trinajstić information content (AvgIpc) is 3.59. The van der Waals surface area contributed by atoms with E-state index in [0.29, 0.717) is 31.0 Å². The predicted octanol–water partition coefficient (Wildman–Crippen LogP) is 2.93. The van der Waals surface area contributed by atoms with Crippen molar-refractivity contribution in [1.29, 1.82) is 0 Å². The van der Waals surface area contributed by atoms with E-state index in [-0.39, 0.29) is 42.7 Å². The Hall–Kier alpha value is -6.95. The number of carbonyl (C=O) groups excluding carboxylic acids is 5. The van der Waals surface area contributed by atoms with Crippen molar-refractivity contribution >= 4 is 40.4 Å². The molecule has 0 radical (unpaired) electrons. The quantitative estimate of drug-likeness (QED) is 0.167. The van der Waals surface area contributed by atoms with Gasteiger partial charge in [-0.3, -0.25) is 34.5 Å². The molecule has 15 heteroatoms. The minimum Gasteiger partial charge on any atom is -0.341 e. The van der Waals surface area contributed by atoms with E-state index in [0.717, 1.165) is 45.5 Å². The second-order valence-electron chi connectivity index (χ2n) is 13.1. The van der Waals surface area contributed by atoms with Crippen molar-refractivity contribution in [3.8, 4) is 34.4 Å². The Morgan fingerprint density at radius 3 is 2.60 bits per heavy atom. The van der Waals surface area contributed by atoms with Gasteiger partial charge in [0.2, 0.25) is 11.8 Å². The van der Waals surface area contributed by atoms with Gasteiger partial charge in [0.05, 0.1) is 30.2 Å². The first-order valence-corrected chi connectivity index (χ1v) is 17.9. The number of hydrogen-bond donors (Lipinski definition) is 3. The van der Waals surface area contributed by atoms with Crippen LogP contribution in [0.2, 0.25) is 0 Å². The number of amides is 6. The minimum absolute atomic E-state index is 0.0103. The molecule has 6 amide bonds. The van der Waals surface area contributed by atoms with Crippen LogP contribution in [0.1, 0.15) is 58.0 Å². The molecule has 55 heavy (non-hydrogen) atoms. The van der Waals surface area contributed by atoms with Crippen LogP contribution in [0.5, 0.6) is 0 Å². The zero-order valence-corrected chi connectivity index (χ0v) is 30.5. The Kier molecular flexibility index (Phi) is 10.3. The Bertz CT molecular complexity index is 2410. The van der Waals surface area contributed by atoms with Crippen molar-refractivity contribution < 1.29 is 24.0 Å².